The summed E-state index contributed by atoms with van der Waals surface area (Å²) in [5.41, 5.74) is 1.13. The Morgan fingerprint density at radius 2 is 2.10 bits per heavy atom. The topological polar surface area (TPSA) is 61.4 Å². The van der Waals surface area contributed by atoms with Crippen molar-refractivity contribution in [3.05, 3.63) is 48.0 Å². The van der Waals surface area contributed by atoms with Crippen molar-refractivity contribution >= 4 is 6.03 Å². The summed E-state index contributed by atoms with van der Waals surface area (Å²) in [5, 5.41) is 15.1. The predicted molar refractivity (Wildman–Crippen MR) is 83.9 cm³/mol. The van der Waals surface area contributed by atoms with Gasteiger partial charge in [0.1, 0.15) is 0 Å². The van der Waals surface area contributed by atoms with Crippen molar-refractivity contribution in [2.75, 3.05) is 6.61 Å². The molecule has 1 aromatic rings. The molecule has 0 fully saturated rings. The Kier molecular flexibility index (Phi) is 5.81. The minimum atomic E-state index is -0.148. The van der Waals surface area contributed by atoms with Crippen LogP contribution in [0.15, 0.2) is 42.5 Å². The van der Waals surface area contributed by atoms with Gasteiger partial charge in [-0.1, -0.05) is 55.8 Å². The number of carbonyl (C=O) groups is 1. The third kappa shape index (κ3) is 4.60. The largest absolute Gasteiger partial charge is 0.396 e. The van der Waals surface area contributed by atoms with Crippen molar-refractivity contribution in [2.45, 2.75) is 38.3 Å². The third-order valence-electron chi connectivity index (χ3n) is 3.81. The summed E-state index contributed by atoms with van der Waals surface area (Å²) in [5.74, 6) is 0.163. The number of aliphatic hydroxyl groups is 1. The molecule has 1 aliphatic rings. The lowest BCUT2D eigenvalue weighted by atomic mass is 10.0. The maximum Gasteiger partial charge on any atom is 0.315 e. The lowest BCUT2D eigenvalue weighted by Crippen LogP contribution is -2.42. The van der Waals surface area contributed by atoms with Crippen molar-refractivity contribution in [2.24, 2.45) is 5.92 Å². The van der Waals surface area contributed by atoms with Gasteiger partial charge >= 0.3 is 6.03 Å². The SMILES string of the molecule is CCCC(NC(=O)N[C@@H]1C=C[C@H](CO)C1)c1ccccc1. The maximum absolute atomic E-state index is 12.1. The molecular weight excluding hydrogens is 264 g/mol. The molecule has 21 heavy (non-hydrogen) atoms. The van der Waals surface area contributed by atoms with Gasteiger partial charge in [0.25, 0.3) is 0 Å². The number of aliphatic hydroxyl groups excluding tert-OH is 1. The van der Waals surface area contributed by atoms with Gasteiger partial charge in [-0.05, 0) is 18.4 Å². The molecule has 0 radical (unpaired) electrons. The molecule has 4 heteroatoms. The van der Waals surface area contributed by atoms with Crippen molar-refractivity contribution < 1.29 is 9.90 Å². The van der Waals surface area contributed by atoms with E-state index in [-0.39, 0.29) is 30.6 Å². The fourth-order valence-corrected chi connectivity index (χ4v) is 2.68. The first-order valence-corrected chi connectivity index (χ1v) is 7.64. The second kappa shape index (κ2) is 7.84. The molecule has 1 unspecified atom stereocenters. The molecule has 0 aliphatic heterocycles. The molecule has 2 rings (SSSR count). The molecule has 0 spiro atoms. The minimum Gasteiger partial charge on any atom is -0.396 e. The number of hydrogen-bond acceptors (Lipinski definition) is 2. The minimum absolute atomic E-state index is 0.0141. The van der Waals surface area contributed by atoms with E-state index < -0.39 is 0 Å². The van der Waals surface area contributed by atoms with Crippen LogP contribution < -0.4 is 10.6 Å². The molecular formula is C17H24N2O2. The highest BCUT2D eigenvalue weighted by Gasteiger charge is 2.21. The van der Waals surface area contributed by atoms with Gasteiger partial charge in [-0.15, -0.1) is 0 Å². The van der Waals surface area contributed by atoms with Gasteiger partial charge in [0.05, 0.1) is 6.04 Å². The zero-order valence-electron chi connectivity index (χ0n) is 12.5. The van der Waals surface area contributed by atoms with E-state index in [1.165, 1.54) is 0 Å². The van der Waals surface area contributed by atoms with Gasteiger partial charge in [-0.25, -0.2) is 4.79 Å². The van der Waals surface area contributed by atoms with E-state index in [9.17, 15) is 4.79 Å². The van der Waals surface area contributed by atoms with E-state index in [0.717, 1.165) is 24.8 Å². The van der Waals surface area contributed by atoms with E-state index in [1.54, 1.807) is 0 Å². The number of carbonyl (C=O) groups excluding carboxylic acids is 1. The Morgan fingerprint density at radius 3 is 2.71 bits per heavy atom. The summed E-state index contributed by atoms with van der Waals surface area (Å²) in [4.78, 5) is 12.1. The second-order valence-corrected chi connectivity index (χ2v) is 5.54. The van der Waals surface area contributed by atoms with E-state index in [4.69, 9.17) is 5.11 Å². The number of nitrogens with one attached hydrogen (secondary N) is 2. The summed E-state index contributed by atoms with van der Waals surface area (Å²) in [7, 11) is 0. The molecule has 1 aliphatic carbocycles. The van der Waals surface area contributed by atoms with Gasteiger partial charge in [-0.2, -0.15) is 0 Å². The predicted octanol–water partition coefficient (Wildman–Crippen LogP) is 2.76. The van der Waals surface area contributed by atoms with Crippen molar-refractivity contribution in [3.63, 3.8) is 0 Å². The molecule has 4 nitrogen and oxygen atoms in total. The molecule has 114 valence electrons. The number of hydrogen-bond donors (Lipinski definition) is 3. The first-order chi connectivity index (χ1) is 10.2. The van der Waals surface area contributed by atoms with Crippen LogP contribution in [0, 0.1) is 5.92 Å². The summed E-state index contributed by atoms with van der Waals surface area (Å²) in [6.45, 7) is 2.25. The first kappa shape index (κ1) is 15.6. The highest BCUT2D eigenvalue weighted by atomic mass is 16.3. The summed E-state index contributed by atoms with van der Waals surface area (Å²) >= 11 is 0. The molecule has 1 aromatic carbocycles. The van der Waals surface area contributed by atoms with Gasteiger partial charge in [-0.3, -0.25) is 0 Å². The Balaban J connectivity index is 1.89. The maximum atomic E-state index is 12.1. The lowest BCUT2D eigenvalue weighted by molar-refractivity contribution is 0.228. The molecule has 0 saturated heterocycles. The number of urea groups is 1. The monoisotopic (exact) mass is 288 g/mol. The fraction of sp³-hybridized carbons (Fsp3) is 0.471. The highest BCUT2D eigenvalue weighted by molar-refractivity contribution is 5.75. The molecule has 0 heterocycles. The molecule has 2 amide bonds. The van der Waals surface area contributed by atoms with E-state index in [2.05, 4.69) is 17.6 Å². The van der Waals surface area contributed by atoms with Crippen molar-refractivity contribution in [1.82, 2.24) is 10.6 Å². The van der Waals surface area contributed by atoms with Crippen molar-refractivity contribution in [1.29, 1.82) is 0 Å². The summed E-state index contributed by atoms with van der Waals surface area (Å²) in [6, 6.07) is 9.94. The second-order valence-electron chi connectivity index (χ2n) is 5.54. The van der Waals surface area contributed by atoms with Gasteiger partial charge in [0.15, 0.2) is 0 Å². The third-order valence-corrected chi connectivity index (χ3v) is 3.81. The van der Waals surface area contributed by atoms with Crippen LogP contribution in [0.2, 0.25) is 0 Å². The fourth-order valence-electron chi connectivity index (χ4n) is 2.68. The average molecular weight is 288 g/mol. The van der Waals surface area contributed by atoms with Crippen LogP contribution in [0.25, 0.3) is 0 Å². The van der Waals surface area contributed by atoms with Crippen LogP contribution in [-0.4, -0.2) is 23.8 Å². The summed E-state index contributed by atoms with van der Waals surface area (Å²) < 4.78 is 0. The Hall–Kier alpha value is -1.81. The van der Waals surface area contributed by atoms with Crippen LogP contribution in [0.3, 0.4) is 0 Å². The van der Waals surface area contributed by atoms with E-state index >= 15 is 0 Å². The van der Waals surface area contributed by atoms with Crippen molar-refractivity contribution in [3.8, 4) is 0 Å². The zero-order valence-corrected chi connectivity index (χ0v) is 12.5. The number of rotatable bonds is 6. The van der Waals surface area contributed by atoms with Gasteiger partial charge < -0.3 is 15.7 Å². The standard InChI is InChI=1S/C17H24N2O2/c1-2-6-16(14-7-4-3-5-8-14)19-17(21)18-15-10-9-13(11-15)12-20/h3-5,7-10,13,15-16,20H,2,6,11-12H2,1H3,(H2,18,19,21)/t13-,15+,16?/m0/s1. The molecule has 0 aromatic heterocycles. The van der Waals surface area contributed by atoms with Crippen LogP contribution in [-0.2, 0) is 0 Å². The first-order valence-electron chi connectivity index (χ1n) is 7.64. The Labute approximate surface area is 126 Å². The highest BCUT2D eigenvalue weighted by Crippen LogP contribution is 2.19. The van der Waals surface area contributed by atoms with Crippen LogP contribution >= 0.6 is 0 Å². The smallest absolute Gasteiger partial charge is 0.315 e. The normalized spacial score (nSPS) is 22.0. The van der Waals surface area contributed by atoms with Crippen LogP contribution in [0.5, 0.6) is 0 Å². The molecule has 3 N–H and O–H groups in total. The number of amides is 2. The van der Waals surface area contributed by atoms with Crippen LogP contribution in [0.1, 0.15) is 37.8 Å². The quantitative estimate of drug-likeness (QED) is 0.705. The molecule has 0 saturated carbocycles. The lowest BCUT2D eigenvalue weighted by Gasteiger charge is -2.21. The van der Waals surface area contributed by atoms with Crippen LogP contribution in [0.4, 0.5) is 4.79 Å². The molecule has 3 atom stereocenters. The number of benzene rings is 1. The zero-order chi connectivity index (χ0) is 15.1. The Morgan fingerprint density at radius 1 is 1.33 bits per heavy atom. The van der Waals surface area contributed by atoms with E-state index in [0.29, 0.717) is 0 Å². The van der Waals surface area contributed by atoms with Gasteiger partial charge in [0, 0.05) is 18.6 Å². The Bertz CT molecular complexity index is 473. The summed E-state index contributed by atoms with van der Waals surface area (Å²) in [6.07, 6.45) is 6.62. The molecule has 0 bridgehead atoms. The van der Waals surface area contributed by atoms with Gasteiger partial charge in [0.2, 0.25) is 0 Å². The van der Waals surface area contributed by atoms with E-state index in [1.807, 2.05) is 42.5 Å². The average Bonchev–Trinajstić information content (AvgIpc) is 2.95.